The van der Waals surface area contributed by atoms with E-state index in [4.69, 9.17) is 0 Å². The molecule has 0 aliphatic rings. The molecule has 0 spiro atoms. The number of rotatable bonds is 5. The number of carbonyl (C=O) groups is 1. The first-order chi connectivity index (χ1) is 11.6. The van der Waals surface area contributed by atoms with Crippen molar-refractivity contribution in [2.24, 2.45) is 0 Å². The standard InChI is InChI=1S/C15H19N3O5S2/c1-4-17(5-2)15(19)18-10-9-14(16-18)25(22,23)13-8-6-7-12(11-13)24(3,20)21/h6-11H,4-5H2,1-3H3. The van der Waals surface area contributed by atoms with Crippen molar-refractivity contribution >= 4 is 25.7 Å². The third-order valence-corrected chi connectivity index (χ3v) is 6.37. The zero-order valence-electron chi connectivity index (χ0n) is 14.1. The van der Waals surface area contributed by atoms with Crippen LogP contribution in [-0.4, -0.2) is 56.9 Å². The first kappa shape index (κ1) is 19.1. The third kappa shape index (κ3) is 3.90. The second-order valence-corrected chi connectivity index (χ2v) is 9.22. The number of carbonyl (C=O) groups excluding carboxylic acids is 1. The summed E-state index contributed by atoms with van der Waals surface area (Å²) in [6.45, 7) is 4.54. The molecule has 0 saturated carbocycles. The first-order valence-electron chi connectivity index (χ1n) is 7.51. The molecule has 0 aliphatic carbocycles. The Morgan fingerprint density at radius 3 is 2.24 bits per heavy atom. The molecule has 2 aromatic rings. The van der Waals surface area contributed by atoms with Gasteiger partial charge in [-0.3, -0.25) is 0 Å². The van der Waals surface area contributed by atoms with Crippen molar-refractivity contribution in [2.45, 2.75) is 28.7 Å². The molecule has 0 fully saturated rings. The van der Waals surface area contributed by atoms with Crippen LogP contribution in [0.5, 0.6) is 0 Å². The van der Waals surface area contributed by atoms with E-state index in [1.165, 1.54) is 35.4 Å². The van der Waals surface area contributed by atoms with E-state index < -0.39 is 25.7 Å². The van der Waals surface area contributed by atoms with E-state index in [0.29, 0.717) is 13.1 Å². The molecular weight excluding hydrogens is 366 g/mol. The number of sulfone groups is 2. The maximum Gasteiger partial charge on any atom is 0.344 e. The minimum Gasteiger partial charge on any atom is -0.323 e. The van der Waals surface area contributed by atoms with E-state index >= 15 is 0 Å². The third-order valence-electron chi connectivity index (χ3n) is 3.61. The van der Waals surface area contributed by atoms with Crippen LogP contribution in [-0.2, 0) is 19.7 Å². The quantitative estimate of drug-likeness (QED) is 0.771. The highest BCUT2D eigenvalue weighted by atomic mass is 32.2. The highest BCUT2D eigenvalue weighted by Gasteiger charge is 2.24. The van der Waals surface area contributed by atoms with Crippen LogP contribution in [0.1, 0.15) is 13.8 Å². The fourth-order valence-electron chi connectivity index (χ4n) is 2.19. The van der Waals surface area contributed by atoms with Crippen molar-refractivity contribution in [1.82, 2.24) is 14.7 Å². The van der Waals surface area contributed by atoms with Gasteiger partial charge in [0.1, 0.15) is 0 Å². The summed E-state index contributed by atoms with van der Waals surface area (Å²) >= 11 is 0. The van der Waals surface area contributed by atoms with Crippen molar-refractivity contribution in [1.29, 1.82) is 0 Å². The number of hydrogen-bond acceptors (Lipinski definition) is 6. The van der Waals surface area contributed by atoms with Crippen LogP contribution in [0.3, 0.4) is 0 Å². The van der Waals surface area contributed by atoms with Crippen LogP contribution < -0.4 is 0 Å². The predicted octanol–water partition coefficient (Wildman–Crippen LogP) is 1.43. The molecule has 136 valence electrons. The van der Waals surface area contributed by atoms with Gasteiger partial charge < -0.3 is 4.90 Å². The fraction of sp³-hybridized carbons (Fsp3) is 0.333. The lowest BCUT2D eigenvalue weighted by molar-refractivity contribution is 0.201. The topological polar surface area (TPSA) is 106 Å². The summed E-state index contributed by atoms with van der Waals surface area (Å²) in [5.74, 6) is 0. The smallest absolute Gasteiger partial charge is 0.323 e. The van der Waals surface area contributed by atoms with Gasteiger partial charge in [-0.25, -0.2) is 21.6 Å². The van der Waals surface area contributed by atoms with E-state index in [9.17, 15) is 21.6 Å². The molecule has 1 aromatic carbocycles. The number of amides is 1. The first-order valence-corrected chi connectivity index (χ1v) is 10.9. The van der Waals surface area contributed by atoms with Gasteiger partial charge in [-0.15, -0.1) is 0 Å². The molecule has 0 saturated heterocycles. The van der Waals surface area contributed by atoms with Crippen molar-refractivity contribution in [3.05, 3.63) is 36.5 Å². The van der Waals surface area contributed by atoms with E-state index in [0.717, 1.165) is 17.0 Å². The highest BCUT2D eigenvalue weighted by molar-refractivity contribution is 7.92. The van der Waals surface area contributed by atoms with E-state index in [-0.39, 0.29) is 14.8 Å². The van der Waals surface area contributed by atoms with Gasteiger partial charge in [-0.1, -0.05) is 6.07 Å². The Hall–Kier alpha value is -2.20. The van der Waals surface area contributed by atoms with Crippen LogP contribution in [0, 0.1) is 0 Å². The molecule has 1 aromatic heterocycles. The average Bonchev–Trinajstić information content (AvgIpc) is 3.06. The number of hydrogen-bond donors (Lipinski definition) is 0. The maximum atomic E-state index is 12.7. The maximum absolute atomic E-state index is 12.7. The van der Waals surface area contributed by atoms with E-state index in [1.807, 2.05) is 0 Å². The lowest BCUT2D eigenvalue weighted by Crippen LogP contribution is -2.34. The Kier molecular flexibility index (Phi) is 5.33. The van der Waals surface area contributed by atoms with Crippen molar-refractivity contribution in [3.8, 4) is 0 Å². The summed E-state index contributed by atoms with van der Waals surface area (Å²) in [4.78, 5) is 13.4. The van der Waals surface area contributed by atoms with Gasteiger partial charge in [0, 0.05) is 25.5 Å². The Bertz CT molecular complexity index is 990. The number of benzene rings is 1. The minimum atomic E-state index is -4.04. The van der Waals surface area contributed by atoms with Crippen molar-refractivity contribution in [2.75, 3.05) is 19.3 Å². The summed E-state index contributed by atoms with van der Waals surface area (Å²) in [6.07, 6.45) is 2.27. The summed E-state index contributed by atoms with van der Waals surface area (Å²) in [5.41, 5.74) is 0. The Morgan fingerprint density at radius 1 is 1.08 bits per heavy atom. The van der Waals surface area contributed by atoms with Crippen LogP contribution in [0.15, 0.2) is 51.3 Å². The van der Waals surface area contributed by atoms with E-state index in [2.05, 4.69) is 5.10 Å². The molecule has 0 atom stereocenters. The fourth-order valence-corrected chi connectivity index (χ4v) is 4.15. The largest absolute Gasteiger partial charge is 0.344 e. The van der Waals surface area contributed by atoms with Gasteiger partial charge in [-0.2, -0.15) is 9.78 Å². The van der Waals surface area contributed by atoms with Crippen molar-refractivity contribution in [3.63, 3.8) is 0 Å². The van der Waals surface area contributed by atoms with Gasteiger partial charge >= 0.3 is 6.03 Å². The summed E-state index contributed by atoms with van der Waals surface area (Å²) in [6, 6.07) is 5.81. The molecular formula is C15H19N3O5S2. The van der Waals surface area contributed by atoms with Crippen LogP contribution in [0.4, 0.5) is 4.79 Å². The van der Waals surface area contributed by atoms with Crippen LogP contribution in [0.2, 0.25) is 0 Å². The minimum absolute atomic E-state index is 0.104. The summed E-state index contributed by atoms with van der Waals surface area (Å²) in [7, 11) is -7.59. The Balaban J connectivity index is 2.44. The van der Waals surface area contributed by atoms with Gasteiger partial charge in [0.05, 0.1) is 9.79 Å². The highest BCUT2D eigenvalue weighted by Crippen LogP contribution is 2.22. The molecule has 1 amide bonds. The van der Waals surface area contributed by atoms with Gasteiger partial charge in [0.2, 0.25) is 9.84 Å². The molecule has 2 rings (SSSR count). The molecule has 0 bridgehead atoms. The lowest BCUT2D eigenvalue weighted by atomic mass is 10.4. The monoisotopic (exact) mass is 385 g/mol. The molecule has 10 heteroatoms. The molecule has 25 heavy (non-hydrogen) atoms. The molecule has 1 heterocycles. The van der Waals surface area contributed by atoms with Crippen LogP contribution >= 0.6 is 0 Å². The number of nitrogens with zero attached hydrogens (tertiary/aromatic N) is 3. The van der Waals surface area contributed by atoms with Gasteiger partial charge in [0.15, 0.2) is 14.9 Å². The van der Waals surface area contributed by atoms with Crippen molar-refractivity contribution < 1.29 is 21.6 Å². The zero-order chi connectivity index (χ0) is 18.8. The SMILES string of the molecule is CCN(CC)C(=O)n1ccc(S(=O)(=O)c2cccc(S(C)(=O)=O)c2)n1. The normalized spacial score (nSPS) is 12.1. The molecule has 0 unspecified atom stereocenters. The lowest BCUT2D eigenvalue weighted by Gasteiger charge is -2.17. The average molecular weight is 385 g/mol. The predicted molar refractivity (Wildman–Crippen MR) is 90.9 cm³/mol. The van der Waals surface area contributed by atoms with Gasteiger partial charge in [0.25, 0.3) is 0 Å². The van der Waals surface area contributed by atoms with Crippen LogP contribution in [0.25, 0.3) is 0 Å². The second kappa shape index (κ2) is 6.96. The molecule has 0 N–H and O–H groups in total. The Morgan fingerprint density at radius 2 is 1.68 bits per heavy atom. The molecule has 8 nitrogen and oxygen atoms in total. The van der Waals surface area contributed by atoms with Gasteiger partial charge in [-0.05, 0) is 38.1 Å². The molecule has 0 aliphatic heterocycles. The Labute approximate surface area is 146 Å². The number of aromatic nitrogens is 2. The second-order valence-electron chi connectivity index (χ2n) is 5.30. The van der Waals surface area contributed by atoms with E-state index in [1.54, 1.807) is 13.8 Å². The molecule has 0 radical (unpaired) electrons. The zero-order valence-corrected chi connectivity index (χ0v) is 15.7. The summed E-state index contributed by atoms with van der Waals surface area (Å²) in [5, 5.41) is 3.53. The summed E-state index contributed by atoms with van der Waals surface area (Å²) < 4.78 is 49.5.